The van der Waals surface area contributed by atoms with Gasteiger partial charge in [0.2, 0.25) is 5.95 Å². The van der Waals surface area contributed by atoms with Crippen molar-refractivity contribution in [2.45, 2.75) is 18.2 Å². The van der Waals surface area contributed by atoms with E-state index in [1.54, 1.807) is 30.5 Å². The molecule has 2 heterocycles. The molecule has 1 aliphatic rings. The van der Waals surface area contributed by atoms with Crippen molar-refractivity contribution in [1.82, 2.24) is 9.97 Å². The minimum atomic E-state index is -3.21. The summed E-state index contributed by atoms with van der Waals surface area (Å²) in [5.74, 6) is 1.72. The van der Waals surface area contributed by atoms with Crippen LogP contribution in [0.25, 0.3) is 0 Å². The largest absolute Gasteiger partial charge is 0.355 e. The molecule has 0 unspecified atom stereocenters. The molecular weight excluding hydrogens is 338 g/mol. The van der Waals surface area contributed by atoms with Gasteiger partial charge >= 0.3 is 0 Å². The van der Waals surface area contributed by atoms with E-state index in [9.17, 15) is 8.42 Å². The van der Waals surface area contributed by atoms with Crippen molar-refractivity contribution in [2.75, 3.05) is 29.6 Å². The molecule has 0 atom stereocenters. The molecule has 130 valence electrons. The summed E-state index contributed by atoms with van der Waals surface area (Å²) in [5.41, 5.74) is 1.70. The number of rotatable bonds is 5. The minimum absolute atomic E-state index is 0.271. The highest BCUT2D eigenvalue weighted by Gasteiger charge is 2.28. The molecule has 8 heteroatoms. The van der Waals surface area contributed by atoms with E-state index in [2.05, 4.69) is 26.3 Å². The average molecular weight is 357 g/mol. The maximum Gasteiger partial charge on any atom is 0.229 e. The van der Waals surface area contributed by atoms with Gasteiger partial charge in [-0.2, -0.15) is 10.2 Å². The number of aryl methyl sites for hydroxylation is 1. The van der Waals surface area contributed by atoms with Gasteiger partial charge in [-0.05, 0) is 31.2 Å². The summed E-state index contributed by atoms with van der Waals surface area (Å²) in [6.45, 7) is 3.61. The van der Waals surface area contributed by atoms with E-state index in [-0.39, 0.29) is 4.90 Å². The van der Waals surface area contributed by atoms with Crippen molar-refractivity contribution in [3.8, 4) is 6.07 Å². The first-order valence-corrected chi connectivity index (χ1v) is 9.78. The van der Waals surface area contributed by atoms with Crippen molar-refractivity contribution in [3.63, 3.8) is 0 Å². The smallest absolute Gasteiger partial charge is 0.229 e. The Hall–Kier alpha value is -2.66. The first-order valence-electron chi connectivity index (χ1n) is 7.89. The SMILES string of the molecule is Cc1cnc(Nc2ccc(S(C)(=O)=O)cc2)nc1N1CC(CC#N)C1. The molecule has 7 nitrogen and oxygen atoms in total. The monoisotopic (exact) mass is 357 g/mol. The Morgan fingerprint density at radius 3 is 2.60 bits per heavy atom. The Labute approximate surface area is 147 Å². The van der Waals surface area contributed by atoms with Gasteiger partial charge in [-0.1, -0.05) is 0 Å². The number of nitrogens with one attached hydrogen (secondary N) is 1. The van der Waals surface area contributed by atoms with Crippen LogP contribution in [0.3, 0.4) is 0 Å². The van der Waals surface area contributed by atoms with Crippen molar-refractivity contribution in [2.24, 2.45) is 5.92 Å². The second-order valence-electron chi connectivity index (χ2n) is 6.26. The van der Waals surface area contributed by atoms with Crippen molar-refractivity contribution >= 4 is 27.3 Å². The maximum atomic E-state index is 11.5. The van der Waals surface area contributed by atoms with E-state index in [0.29, 0.717) is 24.0 Å². The molecule has 0 bridgehead atoms. The Kier molecular flexibility index (Phi) is 4.59. The van der Waals surface area contributed by atoms with Crippen LogP contribution >= 0.6 is 0 Å². The molecule has 1 fully saturated rings. The standard InChI is InChI=1S/C17H19N5O2S/c1-12-9-19-17(21-16(12)22-10-13(11-22)7-8-18)20-14-3-5-15(6-4-14)25(2,23)24/h3-6,9,13H,7,10-11H2,1-2H3,(H,19,20,21). The van der Waals surface area contributed by atoms with Crippen molar-refractivity contribution in [1.29, 1.82) is 5.26 Å². The third-order valence-corrected chi connectivity index (χ3v) is 5.25. The maximum absolute atomic E-state index is 11.5. The average Bonchev–Trinajstić information content (AvgIpc) is 2.52. The van der Waals surface area contributed by atoms with Crippen molar-refractivity contribution in [3.05, 3.63) is 36.0 Å². The third kappa shape index (κ3) is 3.88. The molecule has 1 saturated heterocycles. The van der Waals surface area contributed by atoms with E-state index in [1.807, 2.05) is 6.92 Å². The van der Waals surface area contributed by atoms with E-state index in [4.69, 9.17) is 5.26 Å². The predicted octanol–water partition coefficient (Wildman–Crippen LogP) is 2.28. The summed E-state index contributed by atoms with van der Waals surface area (Å²) in [5, 5.41) is 11.8. The zero-order chi connectivity index (χ0) is 18.0. The Morgan fingerprint density at radius 1 is 1.32 bits per heavy atom. The van der Waals surface area contributed by atoms with Gasteiger partial charge < -0.3 is 10.2 Å². The lowest BCUT2D eigenvalue weighted by molar-refractivity contribution is 0.414. The van der Waals surface area contributed by atoms with Gasteiger partial charge in [0, 0.05) is 49.1 Å². The molecule has 1 aromatic carbocycles. The third-order valence-electron chi connectivity index (χ3n) is 4.12. The van der Waals surface area contributed by atoms with Crippen LogP contribution in [0.1, 0.15) is 12.0 Å². The highest BCUT2D eigenvalue weighted by Crippen LogP contribution is 2.28. The number of anilines is 3. The summed E-state index contributed by atoms with van der Waals surface area (Å²) in [4.78, 5) is 11.2. The molecule has 1 aromatic heterocycles. The van der Waals surface area contributed by atoms with Crippen LogP contribution < -0.4 is 10.2 Å². The number of nitriles is 1. The molecule has 1 aliphatic heterocycles. The number of aromatic nitrogens is 2. The number of benzene rings is 1. The molecular formula is C17H19N5O2S. The number of sulfone groups is 1. The van der Waals surface area contributed by atoms with Crippen LogP contribution in [-0.4, -0.2) is 37.7 Å². The van der Waals surface area contributed by atoms with Gasteiger partial charge in [0.25, 0.3) is 0 Å². The fourth-order valence-corrected chi connectivity index (χ4v) is 3.36. The fraction of sp³-hybridized carbons (Fsp3) is 0.353. The second kappa shape index (κ2) is 6.69. The van der Waals surface area contributed by atoms with Gasteiger partial charge in [-0.15, -0.1) is 0 Å². The van der Waals surface area contributed by atoms with Gasteiger partial charge in [-0.3, -0.25) is 0 Å². The Bertz CT molecular complexity index is 913. The van der Waals surface area contributed by atoms with E-state index in [0.717, 1.165) is 24.5 Å². The van der Waals surface area contributed by atoms with E-state index in [1.165, 1.54) is 6.26 Å². The molecule has 0 amide bonds. The van der Waals surface area contributed by atoms with Crippen molar-refractivity contribution < 1.29 is 8.42 Å². The Balaban J connectivity index is 1.74. The quantitative estimate of drug-likeness (QED) is 0.876. The molecule has 0 radical (unpaired) electrons. The normalized spacial score (nSPS) is 14.7. The summed E-state index contributed by atoms with van der Waals surface area (Å²) in [6, 6.07) is 8.67. The van der Waals surface area contributed by atoms with Crippen LogP contribution in [0.15, 0.2) is 35.4 Å². The zero-order valence-electron chi connectivity index (χ0n) is 14.1. The summed E-state index contributed by atoms with van der Waals surface area (Å²) >= 11 is 0. The molecule has 25 heavy (non-hydrogen) atoms. The van der Waals surface area contributed by atoms with Gasteiger partial charge in [0.15, 0.2) is 9.84 Å². The number of nitrogens with zero attached hydrogens (tertiary/aromatic N) is 4. The molecule has 0 saturated carbocycles. The van der Waals surface area contributed by atoms with Gasteiger partial charge in [0.1, 0.15) is 5.82 Å². The zero-order valence-corrected chi connectivity index (χ0v) is 14.9. The van der Waals surface area contributed by atoms with Crippen LogP contribution in [0.5, 0.6) is 0 Å². The van der Waals surface area contributed by atoms with Gasteiger partial charge in [-0.25, -0.2) is 13.4 Å². The molecule has 0 aliphatic carbocycles. The second-order valence-corrected chi connectivity index (χ2v) is 8.27. The first-order chi connectivity index (χ1) is 11.9. The fourth-order valence-electron chi connectivity index (χ4n) is 2.73. The highest BCUT2D eigenvalue weighted by molar-refractivity contribution is 7.90. The summed E-state index contributed by atoms with van der Waals surface area (Å²) < 4.78 is 23.0. The van der Waals surface area contributed by atoms with Crippen LogP contribution in [0.2, 0.25) is 0 Å². The Morgan fingerprint density at radius 2 is 2.00 bits per heavy atom. The predicted molar refractivity (Wildman–Crippen MR) is 95.5 cm³/mol. The minimum Gasteiger partial charge on any atom is -0.355 e. The first kappa shape index (κ1) is 17.2. The lowest BCUT2D eigenvalue weighted by Gasteiger charge is -2.39. The van der Waals surface area contributed by atoms with Gasteiger partial charge in [0.05, 0.1) is 11.0 Å². The van der Waals surface area contributed by atoms with Crippen LogP contribution in [0, 0.1) is 24.2 Å². The number of hydrogen-bond donors (Lipinski definition) is 1. The van der Waals surface area contributed by atoms with E-state index >= 15 is 0 Å². The lowest BCUT2D eigenvalue weighted by Crippen LogP contribution is -2.47. The lowest BCUT2D eigenvalue weighted by atomic mass is 9.97. The number of hydrogen-bond acceptors (Lipinski definition) is 7. The molecule has 0 spiro atoms. The van der Waals surface area contributed by atoms with Crippen LogP contribution in [-0.2, 0) is 9.84 Å². The summed E-state index contributed by atoms with van der Waals surface area (Å²) in [7, 11) is -3.21. The topological polar surface area (TPSA) is 99.0 Å². The molecule has 2 aromatic rings. The van der Waals surface area contributed by atoms with Crippen LogP contribution in [0.4, 0.5) is 17.5 Å². The highest BCUT2D eigenvalue weighted by atomic mass is 32.2. The molecule has 1 N–H and O–H groups in total. The summed E-state index contributed by atoms with van der Waals surface area (Å²) in [6.07, 6.45) is 3.50. The van der Waals surface area contributed by atoms with E-state index < -0.39 is 9.84 Å². The molecule has 3 rings (SSSR count).